The molecular formula is C30H24FNO5. The van der Waals surface area contributed by atoms with Crippen molar-refractivity contribution in [1.82, 2.24) is 0 Å². The molecule has 0 aromatic heterocycles. The van der Waals surface area contributed by atoms with Crippen LogP contribution in [0.1, 0.15) is 45.0 Å². The van der Waals surface area contributed by atoms with Crippen molar-refractivity contribution in [3.8, 4) is 0 Å². The van der Waals surface area contributed by atoms with E-state index in [4.69, 9.17) is 4.74 Å². The Hall–Kier alpha value is -4.13. The number of ketones is 1. The van der Waals surface area contributed by atoms with Gasteiger partial charge in [0.1, 0.15) is 5.82 Å². The molecule has 0 unspecified atom stereocenters. The van der Waals surface area contributed by atoms with Gasteiger partial charge >= 0.3 is 5.97 Å². The molecule has 6 rings (SSSR count). The van der Waals surface area contributed by atoms with Gasteiger partial charge in [-0.05, 0) is 78.6 Å². The van der Waals surface area contributed by atoms with Gasteiger partial charge in [0.15, 0.2) is 12.4 Å². The molecule has 3 fully saturated rings. The molecule has 186 valence electrons. The van der Waals surface area contributed by atoms with Crippen LogP contribution in [-0.4, -0.2) is 30.2 Å². The largest absolute Gasteiger partial charge is 0.454 e. The number of benzene rings is 3. The van der Waals surface area contributed by atoms with Gasteiger partial charge in [-0.1, -0.05) is 36.4 Å². The number of anilines is 1. The van der Waals surface area contributed by atoms with E-state index in [1.165, 1.54) is 34.7 Å². The van der Waals surface area contributed by atoms with Gasteiger partial charge in [0.2, 0.25) is 11.8 Å². The number of carbonyl (C=O) groups excluding carboxylic acids is 4. The van der Waals surface area contributed by atoms with Crippen molar-refractivity contribution in [2.24, 2.45) is 23.7 Å². The normalized spacial score (nSPS) is 25.9. The maximum atomic E-state index is 13.6. The third-order valence-corrected chi connectivity index (χ3v) is 8.08. The van der Waals surface area contributed by atoms with Gasteiger partial charge in [-0.3, -0.25) is 19.3 Å². The molecule has 1 heterocycles. The number of nitrogens with zero attached hydrogens (tertiary/aromatic N) is 1. The molecule has 0 N–H and O–H groups in total. The van der Waals surface area contributed by atoms with Gasteiger partial charge in [0, 0.05) is 5.56 Å². The first-order chi connectivity index (χ1) is 17.9. The van der Waals surface area contributed by atoms with Gasteiger partial charge < -0.3 is 4.74 Å². The molecular weight excluding hydrogens is 473 g/mol. The van der Waals surface area contributed by atoms with E-state index in [2.05, 4.69) is 12.1 Å². The summed E-state index contributed by atoms with van der Waals surface area (Å²) >= 11 is 0. The van der Waals surface area contributed by atoms with Crippen LogP contribution in [0.2, 0.25) is 0 Å². The fourth-order valence-corrected chi connectivity index (χ4v) is 6.50. The van der Waals surface area contributed by atoms with Crippen LogP contribution in [-0.2, 0) is 14.3 Å². The number of ether oxygens (including phenoxy) is 1. The lowest BCUT2D eigenvalue weighted by molar-refractivity contribution is -0.123. The van der Waals surface area contributed by atoms with Crippen LogP contribution in [0.3, 0.4) is 0 Å². The third kappa shape index (κ3) is 3.95. The number of hydrogen-bond donors (Lipinski definition) is 0. The van der Waals surface area contributed by atoms with Gasteiger partial charge in [-0.15, -0.1) is 0 Å². The highest BCUT2D eigenvalue weighted by atomic mass is 19.1. The number of hydrogen-bond acceptors (Lipinski definition) is 5. The van der Waals surface area contributed by atoms with E-state index >= 15 is 0 Å². The number of rotatable bonds is 6. The third-order valence-electron chi connectivity index (χ3n) is 8.08. The molecule has 37 heavy (non-hydrogen) atoms. The predicted molar refractivity (Wildman–Crippen MR) is 132 cm³/mol. The summed E-state index contributed by atoms with van der Waals surface area (Å²) in [6, 6.07) is 21.3. The van der Waals surface area contributed by atoms with Crippen molar-refractivity contribution < 1.29 is 28.3 Å². The Morgan fingerprint density at radius 2 is 1.57 bits per heavy atom. The summed E-state index contributed by atoms with van der Waals surface area (Å²) in [7, 11) is 0. The number of Topliss-reactive ketones (excluding diaryl/α,β-unsaturated/α-hetero) is 1. The SMILES string of the molecule is O=C(COC(=O)c1cccc(N2C(=O)[C@@H]3[C@@H]4C[C@@H]([C@H]3C2=O)[C@H](c2ccccc2)C4)c1)c1ccc(F)cc1. The maximum absolute atomic E-state index is 13.6. The Bertz CT molecular complexity index is 1400. The Labute approximate surface area is 213 Å². The van der Waals surface area contributed by atoms with Crippen LogP contribution in [0.4, 0.5) is 10.1 Å². The van der Waals surface area contributed by atoms with Crippen LogP contribution in [0.15, 0.2) is 78.9 Å². The van der Waals surface area contributed by atoms with E-state index in [0.717, 1.165) is 25.0 Å². The Morgan fingerprint density at radius 3 is 2.32 bits per heavy atom. The first-order valence-corrected chi connectivity index (χ1v) is 12.4. The van der Waals surface area contributed by atoms with E-state index in [1.807, 2.05) is 18.2 Å². The van der Waals surface area contributed by atoms with Crippen LogP contribution >= 0.6 is 0 Å². The zero-order valence-corrected chi connectivity index (χ0v) is 19.9. The summed E-state index contributed by atoms with van der Waals surface area (Å²) in [4.78, 5) is 53.1. The van der Waals surface area contributed by atoms with E-state index in [-0.39, 0.29) is 52.5 Å². The monoisotopic (exact) mass is 497 g/mol. The zero-order chi connectivity index (χ0) is 25.7. The Kier molecular flexibility index (Phi) is 5.71. The molecule has 2 saturated carbocycles. The summed E-state index contributed by atoms with van der Waals surface area (Å²) in [5.74, 6) is -2.19. The number of esters is 1. The molecule has 6 nitrogen and oxygen atoms in total. The second-order valence-corrected chi connectivity index (χ2v) is 10.0. The molecule has 7 heteroatoms. The minimum absolute atomic E-state index is 0.129. The van der Waals surface area contributed by atoms with Gasteiger partial charge in [-0.2, -0.15) is 0 Å². The summed E-state index contributed by atoms with van der Waals surface area (Å²) in [5, 5.41) is 0. The zero-order valence-electron chi connectivity index (χ0n) is 19.9. The molecule has 3 aromatic rings. The predicted octanol–water partition coefficient (Wildman–Crippen LogP) is 4.79. The van der Waals surface area contributed by atoms with Crippen LogP contribution < -0.4 is 4.90 Å². The molecule has 2 bridgehead atoms. The van der Waals surface area contributed by atoms with E-state index in [1.54, 1.807) is 12.1 Å². The second-order valence-electron chi connectivity index (χ2n) is 10.0. The van der Waals surface area contributed by atoms with E-state index in [9.17, 15) is 23.6 Å². The Balaban J connectivity index is 1.18. The van der Waals surface area contributed by atoms with Crippen molar-refractivity contribution >= 4 is 29.3 Å². The molecule has 0 radical (unpaired) electrons. The standard InChI is InChI=1S/C30H24FNO5/c31-21-11-9-18(10-12-21)25(33)16-37-30(36)19-7-4-8-22(13-19)32-28(34)26-20-14-23(17-5-2-1-3-6-17)24(15-20)27(26)29(32)35/h1-13,20,23-24,26-27H,14-16H2/t20-,23-,24+,26+,27+/m0/s1. The lowest BCUT2D eigenvalue weighted by Crippen LogP contribution is -2.33. The summed E-state index contributed by atoms with van der Waals surface area (Å²) < 4.78 is 18.2. The molecule has 2 aliphatic carbocycles. The molecule has 1 aliphatic heterocycles. The number of halogens is 1. The van der Waals surface area contributed by atoms with Crippen molar-refractivity contribution in [3.05, 3.63) is 101 Å². The minimum atomic E-state index is -0.749. The van der Waals surface area contributed by atoms with Crippen LogP contribution in [0, 0.1) is 29.5 Å². The smallest absolute Gasteiger partial charge is 0.338 e. The quantitative estimate of drug-likeness (QED) is 0.278. The summed E-state index contributed by atoms with van der Waals surface area (Å²) in [6.07, 6.45) is 1.78. The van der Waals surface area contributed by atoms with Crippen molar-refractivity contribution in [2.75, 3.05) is 11.5 Å². The van der Waals surface area contributed by atoms with Crippen molar-refractivity contribution in [1.29, 1.82) is 0 Å². The molecule has 3 aromatic carbocycles. The number of imide groups is 1. The number of fused-ring (bicyclic) bond motifs is 5. The molecule has 1 saturated heterocycles. The Morgan fingerprint density at radius 1 is 0.838 bits per heavy atom. The highest BCUT2D eigenvalue weighted by molar-refractivity contribution is 6.23. The highest BCUT2D eigenvalue weighted by Crippen LogP contribution is 2.61. The molecule has 5 atom stereocenters. The fraction of sp³-hybridized carbons (Fsp3) is 0.267. The lowest BCUT2D eigenvalue weighted by Gasteiger charge is -2.28. The van der Waals surface area contributed by atoms with E-state index in [0.29, 0.717) is 5.69 Å². The topological polar surface area (TPSA) is 80.8 Å². The maximum Gasteiger partial charge on any atom is 0.338 e. The van der Waals surface area contributed by atoms with Crippen LogP contribution in [0.5, 0.6) is 0 Å². The first-order valence-electron chi connectivity index (χ1n) is 12.4. The van der Waals surface area contributed by atoms with Crippen molar-refractivity contribution in [2.45, 2.75) is 18.8 Å². The molecule has 2 amide bonds. The minimum Gasteiger partial charge on any atom is -0.454 e. The van der Waals surface area contributed by atoms with Gasteiger partial charge in [0.25, 0.3) is 0 Å². The molecule has 0 spiro atoms. The van der Waals surface area contributed by atoms with Crippen molar-refractivity contribution in [3.63, 3.8) is 0 Å². The molecule has 3 aliphatic rings. The second kappa shape index (κ2) is 9.07. The highest BCUT2D eigenvalue weighted by Gasteiger charge is 2.64. The number of carbonyl (C=O) groups is 4. The average Bonchev–Trinajstić information content (AvgIpc) is 3.59. The van der Waals surface area contributed by atoms with Gasteiger partial charge in [-0.25, -0.2) is 9.18 Å². The fourth-order valence-electron chi connectivity index (χ4n) is 6.50. The lowest BCUT2D eigenvalue weighted by atomic mass is 9.73. The summed E-state index contributed by atoms with van der Waals surface area (Å²) in [5.41, 5.74) is 1.91. The van der Waals surface area contributed by atoms with E-state index < -0.39 is 24.2 Å². The first kappa shape index (κ1) is 23.3. The number of amides is 2. The van der Waals surface area contributed by atoms with Crippen LogP contribution in [0.25, 0.3) is 0 Å². The van der Waals surface area contributed by atoms with Gasteiger partial charge in [0.05, 0.1) is 23.1 Å². The summed E-state index contributed by atoms with van der Waals surface area (Å²) in [6.45, 7) is -0.509. The average molecular weight is 498 g/mol.